The van der Waals surface area contributed by atoms with E-state index in [1.54, 1.807) is 0 Å². The van der Waals surface area contributed by atoms with Gasteiger partial charge in [0.05, 0.1) is 11.0 Å². The van der Waals surface area contributed by atoms with E-state index in [1.807, 2.05) is 12.1 Å². The summed E-state index contributed by atoms with van der Waals surface area (Å²) in [5.74, 6) is 3.18. The molecular weight excluding hydrogens is 228 g/mol. The van der Waals surface area contributed by atoms with Crippen LogP contribution >= 0.6 is 0 Å². The third kappa shape index (κ3) is 1.82. The molecule has 3 rings (SSSR count). The predicted octanol–water partition coefficient (Wildman–Crippen LogP) is 3.24. The van der Waals surface area contributed by atoms with Gasteiger partial charge in [-0.15, -0.1) is 0 Å². The fourth-order valence-corrected chi connectivity index (χ4v) is 2.44. The maximum Gasteiger partial charge on any atom is 0.163 e. The molecule has 0 atom stereocenters. The van der Waals surface area contributed by atoms with Crippen molar-refractivity contribution in [2.45, 2.75) is 32.6 Å². The molecule has 1 aliphatic rings. The smallest absolute Gasteiger partial charge is 0.163 e. The molecule has 0 saturated heterocycles. The highest BCUT2D eigenvalue weighted by molar-refractivity contribution is 5.80. The lowest BCUT2D eigenvalue weighted by atomic mass is 10.0. The molecule has 4 heteroatoms. The summed E-state index contributed by atoms with van der Waals surface area (Å²) in [6, 6.07) is 3.95. The molecule has 0 amide bonds. The van der Waals surface area contributed by atoms with Gasteiger partial charge in [0.1, 0.15) is 19.0 Å². The summed E-state index contributed by atoms with van der Waals surface area (Å²) in [6.45, 7) is 5.62. The third-order valence-electron chi connectivity index (χ3n) is 3.54. The Hall–Kier alpha value is -1.71. The minimum Gasteiger partial charge on any atom is -0.486 e. The molecule has 1 aliphatic heterocycles. The Morgan fingerprint density at radius 2 is 1.83 bits per heavy atom. The van der Waals surface area contributed by atoms with Crippen LogP contribution in [0.25, 0.3) is 11.0 Å². The topological polar surface area (TPSA) is 47.1 Å². The zero-order valence-corrected chi connectivity index (χ0v) is 10.8. The lowest BCUT2D eigenvalue weighted by Gasteiger charge is -2.17. The second kappa shape index (κ2) is 4.52. The number of aromatic nitrogens is 2. The monoisotopic (exact) mass is 246 g/mol. The number of ether oxygens (including phenoxy) is 2. The van der Waals surface area contributed by atoms with Crippen molar-refractivity contribution in [1.29, 1.82) is 0 Å². The maximum absolute atomic E-state index is 5.58. The Morgan fingerprint density at radius 1 is 1.17 bits per heavy atom. The van der Waals surface area contributed by atoms with Gasteiger partial charge in [-0.1, -0.05) is 13.8 Å². The molecule has 0 spiro atoms. The molecular formula is C14H18N2O2. The third-order valence-corrected chi connectivity index (χ3v) is 3.54. The minimum absolute atomic E-state index is 0.497. The number of hydrogen-bond acceptors (Lipinski definition) is 3. The highest BCUT2D eigenvalue weighted by Gasteiger charge is 2.17. The van der Waals surface area contributed by atoms with Crippen molar-refractivity contribution in [3.8, 4) is 11.5 Å². The number of nitrogens with zero attached hydrogens (tertiary/aromatic N) is 1. The van der Waals surface area contributed by atoms with E-state index in [9.17, 15) is 0 Å². The molecule has 0 saturated carbocycles. The number of benzene rings is 1. The van der Waals surface area contributed by atoms with E-state index in [2.05, 4.69) is 23.8 Å². The summed E-state index contributed by atoms with van der Waals surface area (Å²) in [6.07, 6.45) is 2.20. The van der Waals surface area contributed by atoms with Gasteiger partial charge in [0, 0.05) is 18.1 Å². The van der Waals surface area contributed by atoms with Gasteiger partial charge in [-0.25, -0.2) is 4.98 Å². The second-order valence-corrected chi connectivity index (χ2v) is 4.65. The number of H-pyrrole nitrogens is 1. The number of nitrogens with one attached hydrogen (secondary N) is 1. The maximum atomic E-state index is 5.58. The van der Waals surface area contributed by atoms with Crippen LogP contribution in [0.4, 0.5) is 0 Å². The fraction of sp³-hybridized carbons (Fsp3) is 0.500. The Bertz CT molecular complexity index is 515. The quantitative estimate of drug-likeness (QED) is 0.904. The van der Waals surface area contributed by atoms with Gasteiger partial charge in [-0.2, -0.15) is 0 Å². The molecule has 0 aliphatic carbocycles. The van der Waals surface area contributed by atoms with E-state index in [1.165, 1.54) is 0 Å². The Balaban J connectivity index is 2.06. The van der Waals surface area contributed by atoms with Crippen molar-refractivity contribution < 1.29 is 9.47 Å². The van der Waals surface area contributed by atoms with Crippen molar-refractivity contribution in [1.82, 2.24) is 9.97 Å². The van der Waals surface area contributed by atoms with Gasteiger partial charge in [0.2, 0.25) is 0 Å². The van der Waals surface area contributed by atoms with Gasteiger partial charge < -0.3 is 14.5 Å². The molecule has 0 bridgehead atoms. The Labute approximate surface area is 106 Å². The van der Waals surface area contributed by atoms with Crippen LogP contribution in [0.1, 0.15) is 38.4 Å². The summed E-state index contributed by atoms with van der Waals surface area (Å²) in [4.78, 5) is 8.07. The first-order valence-corrected chi connectivity index (χ1v) is 6.61. The van der Waals surface area contributed by atoms with Crippen molar-refractivity contribution in [3.63, 3.8) is 0 Å². The first-order valence-electron chi connectivity index (χ1n) is 6.61. The number of fused-ring (bicyclic) bond motifs is 2. The van der Waals surface area contributed by atoms with Crippen LogP contribution in [0.2, 0.25) is 0 Å². The normalized spacial score (nSPS) is 14.4. The number of rotatable bonds is 3. The van der Waals surface area contributed by atoms with Crippen molar-refractivity contribution in [2.75, 3.05) is 13.2 Å². The summed E-state index contributed by atoms with van der Waals surface area (Å²) in [5, 5.41) is 0. The minimum atomic E-state index is 0.497. The highest BCUT2D eigenvalue weighted by atomic mass is 16.6. The summed E-state index contributed by atoms with van der Waals surface area (Å²) < 4.78 is 11.2. The molecule has 1 aromatic carbocycles. The van der Waals surface area contributed by atoms with Crippen LogP contribution in [0, 0.1) is 0 Å². The van der Waals surface area contributed by atoms with Gasteiger partial charge in [0.15, 0.2) is 11.5 Å². The summed E-state index contributed by atoms with van der Waals surface area (Å²) in [5.41, 5.74) is 1.99. The zero-order valence-electron chi connectivity index (χ0n) is 10.8. The number of aromatic amines is 1. The average molecular weight is 246 g/mol. The van der Waals surface area contributed by atoms with Gasteiger partial charge in [-0.3, -0.25) is 0 Å². The van der Waals surface area contributed by atoms with Gasteiger partial charge in [0.25, 0.3) is 0 Å². The lowest BCUT2D eigenvalue weighted by molar-refractivity contribution is 0.172. The molecule has 2 aromatic rings. The first-order chi connectivity index (χ1) is 8.81. The molecule has 18 heavy (non-hydrogen) atoms. The molecule has 4 nitrogen and oxygen atoms in total. The predicted molar refractivity (Wildman–Crippen MR) is 70.4 cm³/mol. The summed E-state index contributed by atoms with van der Waals surface area (Å²) in [7, 11) is 0. The lowest BCUT2D eigenvalue weighted by Crippen LogP contribution is -2.15. The largest absolute Gasteiger partial charge is 0.486 e. The highest BCUT2D eigenvalue weighted by Crippen LogP contribution is 2.34. The van der Waals surface area contributed by atoms with E-state index >= 15 is 0 Å². The van der Waals surface area contributed by atoms with Crippen molar-refractivity contribution in [3.05, 3.63) is 18.0 Å². The fourth-order valence-electron chi connectivity index (χ4n) is 2.44. The van der Waals surface area contributed by atoms with E-state index in [0.717, 1.165) is 41.2 Å². The molecule has 0 radical (unpaired) electrons. The van der Waals surface area contributed by atoms with Crippen molar-refractivity contribution >= 4 is 11.0 Å². The Morgan fingerprint density at radius 3 is 2.50 bits per heavy atom. The van der Waals surface area contributed by atoms with Crippen LogP contribution in [-0.4, -0.2) is 23.2 Å². The molecule has 1 aromatic heterocycles. The van der Waals surface area contributed by atoms with Crippen LogP contribution in [-0.2, 0) is 0 Å². The number of hydrogen-bond donors (Lipinski definition) is 1. The van der Waals surface area contributed by atoms with E-state index in [4.69, 9.17) is 9.47 Å². The van der Waals surface area contributed by atoms with Crippen LogP contribution in [0.15, 0.2) is 12.1 Å². The van der Waals surface area contributed by atoms with E-state index in [-0.39, 0.29) is 0 Å². The molecule has 96 valence electrons. The molecule has 2 heterocycles. The SMILES string of the molecule is CCC(CC)c1nc2cc3c(cc2[nH]1)OCCO3. The second-order valence-electron chi connectivity index (χ2n) is 4.65. The van der Waals surface area contributed by atoms with Gasteiger partial charge in [-0.05, 0) is 12.8 Å². The standard InChI is InChI=1S/C14H18N2O2/c1-3-9(4-2)14-15-10-7-12-13(8-11(10)16-14)18-6-5-17-12/h7-9H,3-6H2,1-2H3,(H,15,16). The van der Waals surface area contributed by atoms with Crippen LogP contribution in [0.5, 0.6) is 11.5 Å². The van der Waals surface area contributed by atoms with Crippen LogP contribution < -0.4 is 9.47 Å². The molecule has 1 N–H and O–H groups in total. The van der Waals surface area contributed by atoms with Gasteiger partial charge >= 0.3 is 0 Å². The summed E-state index contributed by atoms with van der Waals surface area (Å²) >= 11 is 0. The van der Waals surface area contributed by atoms with E-state index < -0.39 is 0 Å². The Kier molecular flexibility index (Phi) is 2.86. The van der Waals surface area contributed by atoms with Crippen molar-refractivity contribution in [2.24, 2.45) is 0 Å². The number of imidazole rings is 1. The molecule has 0 fully saturated rings. The molecule has 0 unspecified atom stereocenters. The average Bonchev–Trinajstić information content (AvgIpc) is 2.79. The zero-order chi connectivity index (χ0) is 12.5. The first kappa shape index (κ1) is 11.4. The van der Waals surface area contributed by atoms with E-state index in [0.29, 0.717) is 19.1 Å². The van der Waals surface area contributed by atoms with Crippen LogP contribution in [0.3, 0.4) is 0 Å².